The predicted molar refractivity (Wildman–Crippen MR) is 213 cm³/mol. The zero-order valence-corrected chi connectivity index (χ0v) is 27.6. The Hall–Kier alpha value is -6.84. The molecule has 0 saturated heterocycles. The molecule has 0 atom stereocenters. The van der Waals surface area contributed by atoms with Gasteiger partial charge in [-0.25, -0.2) is 0 Å². The number of aromatic nitrogens is 2. The summed E-state index contributed by atoms with van der Waals surface area (Å²) in [6.45, 7) is 0. The molecule has 11 rings (SSSR count). The van der Waals surface area contributed by atoms with Crippen LogP contribution in [0.3, 0.4) is 0 Å². The van der Waals surface area contributed by atoms with Crippen LogP contribution in [0.25, 0.3) is 99.2 Å². The van der Waals surface area contributed by atoms with Gasteiger partial charge in [0.2, 0.25) is 0 Å². The van der Waals surface area contributed by atoms with Gasteiger partial charge in [-0.1, -0.05) is 121 Å². The van der Waals surface area contributed by atoms with E-state index in [-0.39, 0.29) is 0 Å². The molecule has 0 saturated carbocycles. The molecule has 3 nitrogen and oxygen atoms in total. The number of hydrogen-bond acceptors (Lipinski definition) is 1. The van der Waals surface area contributed by atoms with Crippen molar-refractivity contribution < 1.29 is 4.42 Å². The Morgan fingerprint density at radius 3 is 1.18 bits per heavy atom. The summed E-state index contributed by atoms with van der Waals surface area (Å²) in [5.74, 6) is 0. The maximum atomic E-state index is 6.26. The van der Waals surface area contributed by atoms with Crippen molar-refractivity contribution >= 4 is 65.6 Å². The molecule has 0 aliphatic heterocycles. The third-order valence-electron chi connectivity index (χ3n) is 10.6. The molecule has 51 heavy (non-hydrogen) atoms. The van der Waals surface area contributed by atoms with Gasteiger partial charge in [-0.2, -0.15) is 0 Å². The molecule has 238 valence electrons. The van der Waals surface area contributed by atoms with Gasteiger partial charge >= 0.3 is 0 Å². The van der Waals surface area contributed by atoms with Crippen molar-refractivity contribution in [3.05, 3.63) is 182 Å². The Morgan fingerprint density at radius 1 is 0.275 bits per heavy atom. The Kier molecular flexibility index (Phi) is 5.96. The fourth-order valence-corrected chi connectivity index (χ4v) is 8.13. The predicted octanol–water partition coefficient (Wildman–Crippen LogP) is 13.1. The average molecular weight is 651 g/mol. The van der Waals surface area contributed by atoms with E-state index in [4.69, 9.17) is 4.42 Å². The van der Waals surface area contributed by atoms with E-state index < -0.39 is 0 Å². The van der Waals surface area contributed by atoms with Crippen LogP contribution in [-0.4, -0.2) is 9.13 Å². The van der Waals surface area contributed by atoms with Crippen molar-refractivity contribution in [1.29, 1.82) is 0 Å². The van der Waals surface area contributed by atoms with Crippen LogP contribution in [-0.2, 0) is 0 Å². The van der Waals surface area contributed by atoms with Crippen molar-refractivity contribution in [3.8, 4) is 33.6 Å². The van der Waals surface area contributed by atoms with Crippen molar-refractivity contribution in [3.63, 3.8) is 0 Å². The van der Waals surface area contributed by atoms with Crippen LogP contribution >= 0.6 is 0 Å². The molecular formula is C48H30N2O. The molecule has 3 aromatic heterocycles. The first kappa shape index (κ1) is 28.0. The summed E-state index contributed by atoms with van der Waals surface area (Å²) < 4.78 is 11.0. The minimum Gasteiger partial charge on any atom is -0.456 e. The summed E-state index contributed by atoms with van der Waals surface area (Å²) in [5, 5.41) is 7.25. The van der Waals surface area contributed by atoms with Crippen molar-refractivity contribution in [2.45, 2.75) is 0 Å². The fraction of sp³-hybridized carbons (Fsp3) is 0. The lowest BCUT2D eigenvalue weighted by Gasteiger charge is -2.11. The Balaban J connectivity index is 0.926. The summed E-state index contributed by atoms with van der Waals surface area (Å²) in [4.78, 5) is 0. The molecule has 0 aliphatic rings. The van der Waals surface area contributed by atoms with E-state index in [1.807, 2.05) is 12.1 Å². The maximum Gasteiger partial charge on any atom is 0.136 e. The number of fused-ring (bicyclic) bond motifs is 9. The quantitative estimate of drug-likeness (QED) is 0.186. The Labute approximate surface area is 293 Å². The molecule has 0 aliphatic carbocycles. The maximum absolute atomic E-state index is 6.26. The second-order valence-electron chi connectivity index (χ2n) is 13.4. The second kappa shape index (κ2) is 10.8. The Morgan fingerprint density at radius 2 is 0.667 bits per heavy atom. The van der Waals surface area contributed by atoms with Gasteiger partial charge in [0.1, 0.15) is 11.2 Å². The molecule has 0 bridgehead atoms. The van der Waals surface area contributed by atoms with Crippen LogP contribution in [0.5, 0.6) is 0 Å². The van der Waals surface area contributed by atoms with Gasteiger partial charge in [-0.15, -0.1) is 0 Å². The molecule has 8 aromatic carbocycles. The van der Waals surface area contributed by atoms with Gasteiger partial charge in [0.05, 0.1) is 22.1 Å². The van der Waals surface area contributed by atoms with Crippen molar-refractivity contribution in [2.24, 2.45) is 0 Å². The van der Waals surface area contributed by atoms with Crippen LogP contribution in [0.15, 0.2) is 186 Å². The average Bonchev–Trinajstić information content (AvgIpc) is 3.84. The summed E-state index contributed by atoms with van der Waals surface area (Å²) in [5.41, 5.74) is 13.7. The topological polar surface area (TPSA) is 23.0 Å². The molecule has 3 heterocycles. The molecule has 0 N–H and O–H groups in total. The van der Waals surface area contributed by atoms with E-state index in [9.17, 15) is 0 Å². The summed E-state index contributed by atoms with van der Waals surface area (Å²) in [7, 11) is 0. The lowest BCUT2D eigenvalue weighted by Crippen LogP contribution is -1.94. The molecule has 11 aromatic rings. The number of para-hydroxylation sites is 4. The number of furan rings is 1. The first-order valence-electron chi connectivity index (χ1n) is 17.4. The molecule has 0 spiro atoms. The monoisotopic (exact) mass is 650 g/mol. The molecular weight excluding hydrogens is 621 g/mol. The van der Waals surface area contributed by atoms with E-state index >= 15 is 0 Å². The summed E-state index contributed by atoms with van der Waals surface area (Å²) in [6.07, 6.45) is 0. The van der Waals surface area contributed by atoms with Gasteiger partial charge in [-0.3, -0.25) is 0 Å². The standard InChI is InChI=1S/C48H30N2O/c1-5-13-43-37(9-1)38-10-2-6-14-44(38)49(43)35-25-21-33(22-26-35)31-17-19-32(20-18-31)34-23-27-36(28-24-34)50-45-15-7-3-11-39(45)41-30-48-42(29-46(41)50)40-12-4-8-16-47(40)51-48/h1-30H. The lowest BCUT2D eigenvalue weighted by atomic mass is 10.00. The number of benzene rings is 8. The third-order valence-corrected chi connectivity index (χ3v) is 10.6. The van der Waals surface area contributed by atoms with E-state index in [1.165, 1.54) is 71.6 Å². The number of rotatable bonds is 4. The van der Waals surface area contributed by atoms with Crippen LogP contribution in [0.1, 0.15) is 0 Å². The van der Waals surface area contributed by atoms with Crippen molar-refractivity contribution in [1.82, 2.24) is 9.13 Å². The van der Waals surface area contributed by atoms with Crippen molar-refractivity contribution in [2.75, 3.05) is 0 Å². The highest BCUT2D eigenvalue weighted by atomic mass is 16.3. The summed E-state index contributed by atoms with van der Waals surface area (Å²) in [6, 6.07) is 65.5. The number of hydrogen-bond donors (Lipinski definition) is 0. The van der Waals surface area contributed by atoms with Gasteiger partial charge < -0.3 is 13.6 Å². The normalized spacial score (nSPS) is 11.9. The molecule has 0 radical (unpaired) electrons. The zero-order valence-electron chi connectivity index (χ0n) is 27.6. The number of nitrogens with zero attached hydrogens (tertiary/aromatic N) is 2. The molecule has 3 heteroatoms. The van der Waals surface area contributed by atoms with E-state index in [1.54, 1.807) is 0 Å². The first-order chi connectivity index (χ1) is 25.3. The fourth-order valence-electron chi connectivity index (χ4n) is 8.13. The molecule has 0 unspecified atom stereocenters. The van der Waals surface area contributed by atoms with Crippen LogP contribution in [0.2, 0.25) is 0 Å². The van der Waals surface area contributed by atoms with E-state index in [0.29, 0.717) is 0 Å². The van der Waals surface area contributed by atoms with Crippen LogP contribution in [0, 0.1) is 0 Å². The minimum atomic E-state index is 0.919. The molecule has 0 amide bonds. The third kappa shape index (κ3) is 4.25. The highest BCUT2D eigenvalue weighted by molar-refractivity contribution is 6.17. The minimum absolute atomic E-state index is 0.919. The van der Waals surface area contributed by atoms with Gasteiger partial charge in [0, 0.05) is 43.7 Å². The highest BCUT2D eigenvalue weighted by Crippen LogP contribution is 2.39. The van der Waals surface area contributed by atoms with Gasteiger partial charge in [0.25, 0.3) is 0 Å². The van der Waals surface area contributed by atoms with Crippen LogP contribution in [0.4, 0.5) is 0 Å². The largest absolute Gasteiger partial charge is 0.456 e. The summed E-state index contributed by atoms with van der Waals surface area (Å²) >= 11 is 0. The van der Waals surface area contributed by atoms with E-state index in [2.05, 4.69) is 179 Å². The first-order valence-corrected chi connectivity index (χ1v) is 17.4. The second-order valence-corrected chi connectivity index (χ2v) is 13.4. The van der Waals surface area contributed by atoms with Gasteiger partial charge in [-0.05, 0) is 82.9 Å². The lowest BCUT2D eigenvalue weighted by molar-refractivity contribution is 0.669. The smallest absolute Gasteiger partial charge is 0.136 e. The zero-order chi connectivity index (χ0) is 33.5. The molecule has 0 fully saturated rings. The van der Waals surface area contributed by atoms with Crippen LogP contribution < -0.4 is 0 Å². The Bertz CT molecular complexity index is 3050. The van der Waals surface area contributed by atoms with Gasteiger partial charge in [0.15, 0.2) is 0 Å². The van der Waals surface area contributed by atoms with E-state index in [0.717, 1.165) is 27.6 Å². The highest BCUT2D eigenvalue weighted by Gasteiger charge is 2.17. The SMILES string of the molecule is c1ccc2c(c1)oc1cc3c4ccccc4n(-c4ccc(-c5ccc(-c6ccc(-n7c8ccccc8c8ccccc87)cc6)cc5)cc4)c3cc12.